The molecule has 0 unspecified atom stereocenters. The Morgan fingerprint density at radius 1 is 0.815 bits per heavy atom. The summed E-state index contributed by atoms with van der Waals surface area (Å²) in [7, 11) is 1.96. The zero-order chi connectivity index (χ0) is 19.1. The minimum absolute atomic E-state index is 0.578. The third-order valence-electron chi connectivity index (χ3n) is 4.60. The predicted octanol–water partition coefficient (Wildman–Crippen LogP) is 5.85. The lowest BCUT2D eigenvalue weighted by atomic mass is 9.98. The summed E-state index contributed by atoms with van der Waals surface area (Å²) in [6.45, 7) is 5.88. The van der Waals surface area contributed by atoms with Gasteiger partial charge in [-0.3, -0.25) is 0 Å². The average molecular weight is 360 g/mol. The van der Waals surface area contributed by atoms with Gasteiger partial charge in [0, 0.05) is 12.1 Å². The van der Waals surface area contributed by atoms with Crippen molar-refractivity contribution in [1.29, 1.82) is 0 Å². The number of ether oxygens (including phenoxy) is 1. The number of hydrogen-bond acceptors (Lipinski definition) is 2. The van der Waals surface area contributed by atoms with E-state index < -0.39 is 0 Å². The molecule has 27 heavy (non-hydrogen) atoms. The van der Waals surface area contributed by atoms with Crippen LogP contribution in [0.15, 0.2) is 72.8 Å². The van der Waals surface area contributed by atoms with E-state index in [-0.39, 0.29) is 0 Å². The fourth-order valence-electron chi connectivity index (χ4n) is 3.24. The third kappa shape index (κ3) is 5.45. The zero-order valence-corrected chi connectivity index (χ0v) is 16.5. The van der Waals surface area contributed by atoms with E-state index in [1.165, 1.54) is 27.8 Å². The van der Waals surface area contributed by atoms with Gasteiger partial charge in [-0.2, -0.15) is 0 Å². The summed E-state index contributed by atoms with van der Waals surface area (Å²) in [6, 6.07) is 25.7. The fourth-order valence-corrected chi connectivity index (χ4v) is 3.24. The van der Waals surface area contributed by atoms with Crippen molar-refractivity contribution in [3.05, 3.63) is 89.5 Å². The van der Waals surface area contributed by atoms with E-state index >= 15 is 0 Å². The molecule has 0 aromatic heterocycles. The molecule has 1 N–H and O–H groups in total. The van der Waals surface area contributed by atoms with Gasteiger partial charge in [-0.25, -0.2) is 0 Å². The molecule has 3 aromatic carbocycles. The lowest BCUT2D eigenvalue weighted by Gasteiger charge is -2.14. The van der Waals surface area contributed by atoms with Crippen molar-refractivity contribution in [3.63, 3.8) is 0 Å². The second kappa shape index (κ2) is 9.38. The molecule has 2 heteroatoms. The molecule has 2 nitrogen and oxygen atoms in total. The molecule has 0 spiro atoms. The third-order valence-corrected chi connectivity index (χ3v) is 4.60. The summed E-state index contributed by atoms with van der Waals surface area (Å²) >= 11 is 0. The molecule has 0 saturated carbocycles. The van der Waals surface area contributed by atoms with Crippen molar-refractivity contribution in [2.24, 2.45) is 5.92 Å². The van der Waals surface area contributed by atoms with E-state index in [1.54, 1.807) is 0 Å². The van der Waals surface area contributed by atoms with Gasteiger partial charge in [-0.1, -0.05) is 80.6 Å². The highest BCUT2D eigenvalue weighted by atomic mass is 16.5. The van der Waals surface area contributed by atoms with E-state index in [0.717, 1.165) is 18.7 Å². The Labute approximate surface area is 163 Å². The average Bonchev–Trinajstić information content (AvgIpc) is 2.68. The minimum Gasteiger partial charge on any atom is -0.489 e. The highest BCUT2D eigenvalue weighted by Gasteiger charge is 2.08. The van der Waals surface area contributed by atoms with Crippen LogP contribution >= 0.6 is 0 Å². The normalized spacial score (nSPS) is 11.0. The van der Waals surface area contributed by atoms with Crippen LogP contribution in [0.5, 0.6) is 5.75 Å². The smallest absolute Gasteiger partial charge is 0.124 e. The first-order valence-electron chi connectivity index (χ1n) is 9.69. The SMILES string of the molecule is CNCc1ccc(-c2ccc(CC(C)C)cc2)cc1OCc1ccccc1. The predicted molar refractivity (Wildman–Crippen MR) is 114 cm³/mol. The molecule has 0 bridgehead atoms. The maximum Gasteiger partial charge on any atom is 0.124 e. The van der Waals surface area contributed by atoms with Crippen molar-refractivity contribution < 1.29 is 4.74 Å². The number of rotatable bonds is 8. The van der Waals surface area contributed by atoms with E-state index in [4.69, 9.17) is 4.74 Å². The summed E-state index contributed by atoms with van der Waals surface area (Å²) in [5.41, 5.74) is 6.16. The number of benzene rings is 3. The first kappa shape index (κ1) is 19.2. The number of nitrogens with one attached hydrogen (secondary N) is 1. The lowest BCUT2D eigenvalue weighted by Crippen LogP contribution is -2.07. The van der Waals surface area contributed by atoms with Crippen LogP contribution < -0.4 is 10.1 Å². The van der Waals surface area contributed by atoms with Gasteiger partial charge < -0.3 is 10.1 Å². The van der Waals surface area contributed by atoms with Gasteiger partial charge in [0.2, 0.25) is 0 Å². The van der Waals surface area contributed by atoms with Gasteiger partial charge in [0.25, 0.3) is 0 Å². The molecule has 0 amide bonds. The molecule has 0 aliphatic carbocycles. The van der Waals surface area contributed by atoms with Gasteiger partial charge in [-0.05, 0) is 47.7 Å². The summed E-state index contributed by atoms with van der Waals surface area (Å²) in [4.78, 5) is 0. The number of hydrogen-bond donors (Lipinski definition) is 1. The molecule has 140 valence electrons. The van der Waals surface area contributed by atoms with Gasteiger partial charge in [-0.15, -0.1) is 0 Å². The molecule has 0 heterocycles. The van der Waals surface area contributed by atoms with Crippen LogP contribution in [-0.2, 0) is 19.6 Å². The van der Waals surface area contributed by atoms with Gasteiger partial charge in [0.15, 0.2) is 0 Å². The van der Waals surface area contributed by atoms with Crippen LogP contribution in [0.3, 0.4) is 0 Å². The molecular weight excluding hydrogens is 330 g/mol. The Hall–Kier alpha value is -2.58. The first-order chi connectivity index (χ1) is 13.2. The molecule has 0 aliphatic heterocycles. The lowest BCUT2D eigenvalue weighted by molar-refractivity contribution is 0.302. The van der Waals surface area contributed by atoms with E-state index in [0.29, 0.717) is 12.5 Å². The molecule has 3 aromatic rings. The quantitative estimate of drug-likeness (QED) is 0.545. The maximum atomic E-state index is 6.17. The highest BCUT2D eigenvalue weighted by Crippen LogP contribution is 2.28. The Morgan fingerprint density at radius 3 is 2.19 bits per heavy atom. The Kier molecular flexibility index (Phi) is 6.67. The van der Waals surface area contributed by atoms with Crippen molar-refractivity contribution in [2.45, 2.75) is 33.4 Å². The second-order valence-electron chi connectivity index (χ2n) is 7.42. The fraction of sp³-hybridized carbons (Fsp3) is 0.280. The van der Waals surface area contributed by atoms with Gasteiger partial charge in [0.1, 0.15) is 12.4 Å². The standard InChI is InChI=1S/C25H29NO/c1-19(2)15-20-9-11-22(12-10-20)23-13-14-24(17-26-3)25(16-23)27-18-21-7-5-4-6-8-21/h4-14,16,19,26H,15,17-18H2,1-3H3. The van der Waals surface area contributed by atoms with E-state index in [2.05, 4.69) is 73.8 Å². The van der Waals surface area contributed by atoms with Gasteiger partial charge in [0.05, 0.1) is 0 Å². The van der Waals surface area contributed by atoms with Crippen molar-refractivity contribution in [3.8, 4) is 16.9 Å². The van der Waals surface area contributed by atoms with Crippen LogP contribution in [-0.4, -0.2) is 7.05 Å². The second-order valence-corrected chi connectivity index (χ2v) is 7.42. The van der Waals surface area contributed by atoms with Crippen LogP contribution in [0.25, 0.3) is 11.1 Å². The zero-order valence-electron chi connectivity index (χ0n) is 16.5. The topological polar surface area (TPSA) is 21.3 Å². The van der Waals surface area contributed by atoms with Crippen LogP contribution in [0.2, 0.25) is 0 Å². The van der Waals surface area contributed by atoms with Crippen LogP contribution in [0, 0.1) is 5.92 Å². The van der Waals surface area contributed by atoms with Crippen LogP contribution in [0.1, 0.15) is 30.5 Å². The Morgan fingerprint density at radius 2 is 1.52 bits per heavy atom. The molecule has 3 rings (SSSR count). The Balaban J connectivity index is 1.81. The highest BCUT2D eigenvalue weighted by molar-refractivity contribution is 5.66. The van der Waals surface area contributed by atoms with Crippen molar-refractivity contribution in [2.75, 3.05) is 7.05 Å². The molecule has 0 radical (unpaired) electrons. The van der Waals surface area contributed by atoms with Crippen molar-refractivity contribution >= 4 is 0 Å². The summed E-state index contributed by atoms with van der Waals surface area (Å²) < 4.78 is 6.17. The molecule has 0 saturated heterocycles. The largest absolute Gasteiger partial charge is 0.489 e. The molecule has 0 fully saturated rings. The molecule has 0 atom stereocenters. The maximum absolute atomic E-state index is 6.17. The monoisotopic (exact) mass is 359 g/mol. The molecular formula is C25H29NO. The Bertz CT molecular complexity index is 838. The van der Waals surface area contributed by atoms with Crippen molar-refractivity contribution in [1.82, 2.24) is 5.32 Å². The molecule has 0 aliphatic rings. The van der Waals surface area contributed by atoms with E-state index in [1.807, 2.05) is 25.2 Å². The summed E-state index contributed by atoms with van der Waals surface area (Å²) in [5.74, 6) is 1.62. The van der Waals surface area contributed by atoms with Gasteiger partial charge >= 0.3 is 0 Å². The van der Waals surface area contributed by atoms with Crippen LogP contribution in [0.4, 0.5) is 0 Å². The summed E-state index contributed by atoms with van der Waals surface area (Å²) in [5, 5.41) is 3.23. The minimum atomic E-state index is 0.578. The summed E-state index contributed by atoms with van der Waals surface area (Å²) in [6.07, 6.45) is 1.12. The van der Waals surface area contributed by atoms with E-state index in [9.17, 15) is 0 Å². The first-order valence-corrected chi connectivity index (χ1v) is 9.69.